The van der Waals surface area contributed by atoms with Gasteiger partial charge in [-0.25, -0.2) is 13.4 Å². The molecule has 0 fully saturated rings. The second-order valence-electron chi connectivity index (χ2n) is 3.66. The number of nitrogens with one attached hydrogen (secondary N) is 1. The quantitative estimate of drug-likeness (QED) is 0.808. The van der Waals surface area contributed by atoms with Crippen molar-refractivity contribution in [1.29, 1.82) is 0 Å². The maximum absolute atomic E-state index is 12.1. The van der Waals surface area contributed by atoms with Crippen LogP contribution in [0.2, 0.25) is 0 Å². The molecule has 6 nitrogen and oxygen atoms in total. The van der Waals surface area contributed by atoms with Crippen LogP contribution in [-0.2, 0) is 10.0 Å². The van der Waals surface area contributed by atoms with Gasteiger partial charge in [-0.3, -0.25) is 9.71 Å². The van der Waals surface area contributed by atoms with Crippen LogP contribution < -0.4 is 4.72 Å². The van der Waals surface area contributed by atoms with Gasteiger partial charge in [0.05, 0.1) is 0 Å². The molecule has 0 amide bonds. The summed E-state index contributed by atoms with van der Waals surface area (Å²) in [6.07, 6.45) is 2.74. The molecule has 2 heterocycles. The summed E-state index contributed by atoms with van der Waals surface area (Å²) in [4.78, 5) is 7.84. The molecule has 0 spiro atoms. The Labute approximate surface area is 116 Å². The van der Waals surface area contributed by atoms with Gasteiger partial charge in [0.1, 0.15) is 23.0 Å². The van der Waals surface area contributed by atoms with Crippen molar-refractivity contribution in [3.8, 4) is 11.8 Å². The highest BCUT2D eigenvalue weighted by molar-refractivity contribution is 7.92. The SMILES string of the molecule is O=S(=O)(Nc1cccc(C#CCO)n1)c1cccnc1. The molecule has 2 aromatic rings. The van der Waals surface area contributed by atoms with E-state index >= 15 is 0 Å². The monoisotopic (exact) mass is 289 g/mol. The summed E-state index contributed by atoms with van der Waals surface area (Å²) < 4.78 is 26.5. The third-order valence-corrected chi connectivity index (χ3v) is 3.57. The topological polar surface area (TPSA) is 92.2 Å². The van der Waals surface area contributed by atoms with Crippen molar-refractivity contribution in [2.24, 2.45) is 0 Å². The average Bonchev–Trinajstić information content (AvgIpc) is 2.46. The number of aromatic nitrogens is 2. The molecule has 20 heavy (non-hydrogen) atoms. The fourth-order valence-electron chi connectivity index (χ4n) is 1.39. The number of hydrogen-bond donors (Lipinski definition) is 2. The van der Waals surface area contributed by atoms with E-state index < -0.39 is 10.0 Å². The predicted octanol–water partition coefficient (Wildman–Crippen LogP) is 0.621. The molecule has 0 unspecified atom stereocenters. The second-order valence-corrected chi connectivity index (χ2v) is 5.34. The average molecular weight is 289 g/mol. The van der Waals surface area contributed by atoms with Crippen molar-refractivity contribution < 1.29 is 13.5 Å². The van der Waals surface area contributed by atoms with Crippen LogP contribution >= 0.6 is 0 Å². The Hall–Kier alpha value is -2.43. The molecule has 0 saturated carbocycles. The first-order chi connectivity index (χ1) is 9.62. The summed E-state index contributed by atoms with van der Waals surface area (Å²) in [6.45, 7) is -0.284. The number of hydrogen-bond acceptors (Lipinski definition) is 5. The van der Waals surface area contributed by atoms with Crippen LogP contribution in [0.4, 0.5) is 5.82 Å². The van der Waals surface area contributed by atoms with Gasteiger partial charge in [0.25, 0.3) is 10.0 Å². The number of rotatable bonds is 3. The number of anilines is 1. The molecule has 0 atom stereocenters. The summed E-state index contributed by atoms with van der Waals surface area (Å²) in [7, 11) is -3.72. The summed E-state index contributed by atoms with van der Waals surface area (Å²) in [5.41, 5.74) is 0.366. The highest BCUT2D eigenvalue weighted by Crippen LogP contribution is 2.13. The Bertz CT molecular complexity index is 749. The zero-order chi connectivity index (χ0) is 14.4. The number of aliphatic hydroxyl groups excluding tert-OH is 1. The Morgan fingerprint density at radius 3 is 2.80 bits per heavy atom. The molecule has 0 aromatic carbocycles. The fourth-order valence-corrected chi connectivity index (χ4v) is 2.36. The maximum Gasteiger partial charge on any atom is 0.264 e. The smallest absolute Gasteiger partial charge is 0.264 e. The van der Waals surface area contributed by atoms with E-state index in [1.807, 2.05) is 0 Å². The van der Waals surface area contributed by atoms with Gasteiger partial charge >= 0.3 is 0 Å². The first-order valence-corrected chi connectivity index (χ1v) is 7.10. The van der Waals surface area contributed by atoms with Crippen molar-refractivity contribution in [1.82, 2.24) is 9.97 Å². The van der Waals surface area contributed by atoms with Crippen LogP contribution in [0.1, 0.15) is 5.69 Å². The number of nitrogens with zero attached hydrogens (tertiary/aromatic N) is 2. The lowest BCUT2D eigenvalue weighted by Crippen LogP contribution is -2.14. The summed E-state index contributed by atoms with van der Waals surface area (Å²) >= 11 is 0. The minimum absolute atomic E-state index is 0.0497. The Balaban J connectivity index is 2.26. The van der Waals surface area contributed by atoms with E-state index in [0.717, 1.165) is 0 Å². The highest BCUT2D eigenvalue weighted by Gasteiger charge is 2.14. The lowest BCUT2D eigenvalue weighted by Gasteiger charge is -2.06. The van der Waals surface area contributed by atoms with Crippen molar-refractivity contribution in [3.63, 3.8) is 0 Å². The van der Waals surface area contributed by atoms with Crippen molar-refractivity contribution in [2.75, 3.05) is 11.3 Å². The number of aliphatic hydroxyl groups is 1. The Kier molecular flexibility index (Phi) is 4.30. The van der Waals surface area contributed by atoms with Crippen LogP contribution in [-0.4, -0.2) is 30.1 Å². The van der Waals surface area contributed by atoms with E-state index in [9.17, 15) is 8.42 Å². The first kappa shape index (κ1) is 14.0. The van der Waals surface area contributed by atoms with Gasteiger partial charge in [-0.2, -0.15) is 0 Å². The fraction of sp³-hybridized carbons (Fsp3) is 0.0769. The van der Waals surface area contributed by atoms with E-state index in [1.165, 1.54) is 30.6 Å². The minimum Gasteiger partial charge on any atom is -0.384 e. The minimum atomic E-state index is -3.72. The molecule has 2 aromatic heterocycles. The van der Waals surface area contributed by atoms with Gasteiger partial charge in [-0.05, 0) is 30.2 Å². The molecular formula is C13H11N3O3S. The van der Waals surface area contributed by atoms with Crippen LogP contribution in [0.3, 0.4) is 0 Å². The molecule has 0 radical (unpaired) electrons. The first-order valence-electron chi connectivity index (χ1n) is 5.61. The second kappa shape index (κ2) is 6.14. The zero-order valence-electron chi connectivity index (χ0n) is 10.3. The zero-order valence-corrected chi connectivity index (χ0v) is 11.1. The van der Waals surface area contributed by atoms with E-state index in [0.29, 0.717) is 5.69 Å². The van der Waals surface area contributed by atoms with Crippen LogP contribution in [0, 0.1) is 11.8 Å². The molecular weight excluding hydrogens is 278 g/mol. The largest absolute Gasteiger partial charge is 0.384 e. The molecule has 0 aliphatic carbocycles. The molecule has 102 valence electrons. The lowest BCUT2D eigenvalue weighted by molar-refractivity contribution is 0.350. The standard InChI is InChI=1S/C13H11N3O3S/c17-9-3-5-11-4-1-7-13(15-11)16-20(18,19)12-6-2-8-14-10-12/h1-2,4,6-8,10,17H,9H2,(H,15,16). The van der Waals surface area contributed by atoms with Gasteiger partial charge in [-0.1, -0.05) is 12.0 Å². The highest BCUT2D eigenvalue weighted by atomic mass is 32.2. The molecule has 0 aliphatic heterocycles. The van der Waals surface area contributed by atoms with Crippen molar-refractivity contribution in [3.05, 3.63) is 48.4 Å². The van der Waals surface area contributed by atoms with Gasteiger partial charge in [-0.15, -0.1) is 0 Å². The van der Waals surface area contributed by atoms with E-state index in [4.69, 9.17) is 5.11 Å². The maximum atomic E-state index is 12.1. The van der Waals surface area contributed by atoms with Crippen LogP contribution in [0.15, 0.2) is 47.6 Å². The van der Waals surface area contributed by atoms with Gasteiger partial charge in [0, 0.05) is 12.4 Å². The summed E-state index contributed by atoms with van der Waals surface area (Å²) in [5, 5.41) is 8.61. The Morgan fingerprint density at radius 1 is 1.25 bits per heavy atom. The van der Waals surface area contributed by atoms with Crippen molar-refractivity contribution in [2.45, 2.75) is 4.90 Å². The van der Waals surface area contributed by atoms with E-state index in [2.05, 4.69) is 26.5 Å². The molecule has 7 heteroatoms. The predicted molar refractivity (Wildman–Crippen MR) is 73.2 cm³/mol. The summed E-state index contributed by atoms with van der Waals surface area (Å²) in [6, 6.07) is 7.72. The normalized spacial score (nSPS) is 10.4. The number of sulfonamides is 1. The Morgan fingerprint density at radius 2 is 2.10 bits per heavy atom. The van der Waals surface area contributed by atoms with Gasteiger partial charge in [0.2, 0.25) is 0 Å². The van der Waals surface area contributed by atoms with Crippen LogP contribution in [0.25, 0.3) is 0 Å². The molecule has 0 saturated heterocycles. The van der Waals surface area contributed by atoms with Crippen molar-refractivity contribution >= 4 is 15.8 Å². The van der Waals surface area contributed by atoms with Crippen LogP contribution in [0.5, 0.6) is 0 Å². The summed E-state index contributed by atoms with van der Waals surface area (Å²) in [5.74, 6) is 5.20. The van der Waals surface area contributed by atoms with Gasteiger partial charge in [0.15, 0.2) is 0 Å². The van der Waals surface area contributed by atoms with Gasteiger partial charge < -0.3 is 5.11 Å². The number of pyridine rings is 2. The van der Waals surface area contributed by atoms with E-state index in [-0.39, 0.29) is 17.3 Å². The molecule has 2 rings (SSSR count). The molecule has 2 N–H and O–H groups in total. The lowest BCUT2D eigenvalue weighted by atomic mass is 10.3. The molecule has 0 aliphatic rings. The third kappa shape index (κ3) is 3.54. The molecule has 0 bridgehead atoms. The third-order valence-electron chi connectivity index (χ3n) is 2.23. The van der Waals surface area contributed by atoms with E-state index in [1.54, 1.807) is 12.1 Å².